The van der Waals surface area contributed by atoms with Crippen LogP contribution in [0.4, 0.5) is 0 Å². The van der Waals surface area contributed by atoms with Crippen molar-refractivity contribution >= 4 is 10.1 Å². The summed E-state index contributed by atoms with van der Waals surface area (Å²) in [6.07, 6.45) is 24.5. The van der Waals surface area contributed by atoms with Crippen molar-refractivity contribution in [2.75, 3.05) is 0 Å². The summed E-state index contributed by atoms with van der Waals surface area (Å²) in [7, 11) is -4.00. The molecular weight excluding hydrogens is 430 g/mol. The number of unbranched alkanes of at least 4 members (excludes halogenated alkanes) is 13. The molecule has 0 bridgehead atoms. The monoisotopic (exact) mass is 476 g/mol. The van der Waals surface area contributed by atoms with Crippen LogP contribution in [-0.4, -0.2) is 13.0 Å². The Bertz CT molecular complexity index is 805. The normalized spacial score (nSPS) is 11.1. The summed E-state index contributed by atoms with van der Waals surface area (Å²) in [5.74, 6) is 0. The van der Waals surface area contributed by atoms with Crippen LogP contribution >= 0.6 is 0 Å². The van der Waals surface area contributed by atoms with Crippen LogP contribution in [0.15, 0.2) is 59.8 Å². The Morgan fingerprint density at radius 2 is 1.09 bits per heavy atom. The lowest BCUT2D eigenvalue weighted by Gasteiger charge is -2.03. The van der Waals surface area contributed by atoms with E-state index in [-0.39, 0.29) is 4.90 Å². The van der Waals surface area contributed by atoms with E-state index in [1.807, 2.05) is 0 Å². The van der Waals surface area contributed by atoms with Crippen LogP contribution in [-0.2, 0) is 16.7 Å². The topological polar surface area (TPSA) is 58.2 Å². The molecule has 0 amide bonds. The number of nitrogens with zero attached hydrogens (tertiary/aromatic N) is 1. The van der Waals surface area contributed by atoms with Crippen molar-refractivity contribution in [2.45, 2.75) is 115 Å². The molecule has 0 fully saturated rings. The largest absolute Gasteiger partial charge is 0.294 e. The molecule has 0 aliphatic carbocycles. The lowest BCUT2D eigenvalue weighted by Crippen LogP contribution is -2.32. The van der Waals surface area contributed by atoms with E-state index >= 15 is 0 Å². The number of rotatable bonds is 16. The molecule has 1 heterocycles. The van der Waals surface area contributed by atoms with E-state index in [4.69, 9.17) is 4.55 Å². The van der Waals surface area contributed by atoms with Gasteiger partial charge >= 0.3 is 0 Å². The van der Waals surface area contributed by atoms with E-state index in [1.54, 1.807) is 18.2 Å². The molecule has 1 aromatic carbocycles. The van der Waals surface area contributed by atoms with Gasteiger partial charge in [-0.25, -0.2) is 4.57 Å². The molecule has 0 radical (unpaired) electrons. The minimum atomic E-state index is -4.00. The first-order valence-electron chi connectivity index (χ1n) is 12.9. The predicted octanol–water partition coefficient (Wildman–Crippen LogP) is 7.70. The molecule has 0 spiro atoms. The van der Waals surface area contributed by atoms with Gasteiger partial charge in [-0.1, -0.05) is 102 Å². The van der Waals surface area contributed by atoms with Crippen LogP contribution in [0.5, 0.6) is 0 Å². The molecule has 2 aromatic rings. The zero-order valence-corrected chi connectivity index (χ0v) is 21.7. The van der Waals surface area contributed by atoms with Crippen LogP contribution in [0.3, 0.4) is 0 Å². The molecule has 1 N–H and O–H groups in total. The van der Waals surface area contributed by atoms with Crippen molar-refractivity contribution in [1.82, 2.24) is 0 Å². The van der Waals surface area contributed by atoms with Gasteiger partial charge < -0.3 is 0 Å². The lowest BCUT2D eigenvalue weighted by molar-refractivity contribution is -0.697. The number of aromatic nitrogens is 1. The molecule has 33 heavy (non-hydrogen) atoms. The SMILES string of the molecule is CCCCCCCCCCCCCCCC[n+]1ccc(C)cc1.O=S(=O)(O)c1ccccc1. The van der Waals surface area contributed by atoms with E-state index in [1.165, 1.54) is 114 Å². The lowest BCUT2D eigenvalue weighted by atomic mass is 10.0. The average Bonchev–Trinajstić information content (AvgIpc) is 2.81. The Hall–Kier alpha value is -1.72. The highest BCUT2D eigenvalue weighted by Gasteiger charge is 2.05. The summed E-state index contributed by atoms with van der Waals surface area (Å²) >= 11 is 0. The molecule has 0 unspecified atom stereocenters. The number of pyridine rings is 1. The summed E-state index contributed by atoms with van der Waals surface area (Å²) in [6, 6.07) is 11.8. The predicted molar refractivity (Wildman–Crippen MR) is 138 cm³/mol. The number of aryl methyl sites for hydroxylation is 2. The highest BCUT2D eigenvalue weighted by molar-refractivity contribution is 7.85. The molecular formula is C28H46NO3S+. The summed E-state index contributed by atoms with van der Waals surface area (Å²) in [5, 5.41) is 0. The van der Waals surface area contributed by atoms with Gasteiger partial charge in [0, 0.05) is 18.6 Å². The van der Waals surface area contributed by atoms with Crippen molar-refractivity contribution in [3.63, 3.8) is 0 Å². The van der Waals surface area contributed by atoms with E-state index in [0.717, 1.165) is 0 Å². The molecule has 0 aliphatic heterocycles. The average molecular weight is 477 g/mol. The van der Waals surface area contributed by atoms with Gasteiger partial charge in [-0.05, 0) is 31.0 Å². The third-order valence-corrected chi connectivity index (χ3v) is 6.74. The van der Waals surface area contributed by atoms with Crippen LogP contribution in [0.1, 0.15) is 102 Å². The Balaban J connectivity index is 0.000000451. The van der Waals surface area contributed by atoms with Gasteiger partial charge in [0.2, 0.25) is 0 Å². The van der Waals surface area contributed by atoms with Crippen LogP contribution in [0.2, 0.25) is 0 Å². The molecule has 186 valence electrons. The number of benzene rings is 1. The minimum Gasteiger partial charge on any atom is -0.282 e. The molecule has 1 aromatic heterocycles. The molecule has 4 nitrogen and oxygen atoms in total. The highest BCUT2D eigenvalue weighted by Crippen LogP contribution is 2.13. The maximum atomic E-state index is 10.4. The van der Waals surface area contributed by atoms with Crippen LogP contribution in [0.25, 0.3) is 0 Å². The first-order valence-corrected chi connectivity index (χ1v) is 14.4. The summed E-state index contributed by atoms with van der Waals surface area (Å²) in [6.45, 7) is 5.62. The second-order valence-corrected chi connectivity index (χ2v) is 10.4. The van der Waals surface area contributed by atoms with Gasteiger partial charge in [0.15, 0.2) is 12.4 Å². The first kappa shape index (κ1) is 29.3. The smallest absolute Gasteiger partial charge is 0.282 e. The van der Waals surface area contributed by atoms with Gasteiger partial charge in [-0.3, -0.25) is 4.55 Å². The molecule has 5 heteroatoms. The van der Waals surface area contributed by atoms with Gasteiger partial charge in [0.1, 0.15) is 6.54 Å². The Kier molecular flexibility index (Phi) is 16.6. The third kappa shape index (κ3) is 16.5. The molecule has 0 atom stereocenters. The van der Waals surface area contributed by atoms with Gasteiger partial charge in [0.25, 0.3) is 10.1 Å². The third-order valence-electron chi connectivity index (χ3n) is 5.87. The van der Waals surface area contributed by atoms with E-state index in [9.17, 15) is 8.42 Å². The molecule has 0 saturated carbocycles. The fraction of sp³-hybridized carbons (Fsp3) is 0.607. The van der Waals surface area contributed by atoms with E-state index in [2.05, 4.69) is 42.9 Å². The van der Waals surface area contributed by atoms with Crippen LogP contribution < -0.4 is 4.57 Å². The van der Waals surface area contributed by atoms with Crippen molar-refractivity contribution in [2.24, 2.45) is 0 Å². The van der Waals surface area contributed by atoms with Crippen molar-refractivity contribution in [1.29, 1.82) is 0 Å². The summed E-state index contributed by atoms with van der Waals surface area (Å²) in [5.41, 5.74) is 1.35. The van der Waals surface area contributed by atoms with Gasteiger partial charge in [0.05, 0.1) is 4.90 Å². The number of hydrogen-bond acceptors (Lipinski definition) is 2. The second kappa shape index (κ2) is 18.7. The number of hydrogen-bond donors (Lipinski definition) is 1. The van der Waals surface area contributed by atoms with E-state index < -0.39 is 10.1 Å². The fourth-order valence-electron chi connectivity index (χ4n) is 3.76. The summed E-state index contributed by atoms with van der Waals surface area (Å²) in [4.78, 5) is -0.0741. The van der Waals surface area contributed by atoms with Crippen molar-refractivity contribution in [3.05, 3.63) is 60.4 Å². The fourth-order valence-corrected chi connectivity index (χ4v) is 4.26. The van der Waals surface area contributed by atoms with E-state index in [0.29, 0.717) is 0 Å². The first-order chi connectivity index (χ1) is 15.9. The van der Waals surface area contributed by atoms with Gasteiger partial charge in [-0.15, -0.1) is 0 Å². The Morgan fingerprint density at radius 3 is 1.48 bits per heavy atom. The zero-order valence-electron chi connectivity index (χ0n) is 20.9. The molecule has 2 rings (SSSR count). The quantitative estimate of drug-likeness (QED) is 0.153. The van der Waals surface area contributed by atoms with Crippen molar-refractivity contribution in [3.8, 4) is 0 Å². The standard InChI is InChI=1S/C22H40N.C6H6O3S/c1-3-4-5-6-7-8-9-10-11-12-13-14-15-16-19-23-20-17-22(2)18-21-23;7-10(8,9)6-4-2-1-3-5-6/h17-18,20-21H,3-16,19H2,1-2H3;1-5H,(H,7,8,9)/q+1;. The van der Waals surface area contributed by atoms with Crippen LogP contribution in [0, 0.1) is 6.92 Å². The zero-order chi connectivity index (χ0) is 24.2. The minimum absolute atomic E-state index is 0.0741. The molecule has 0 aliphatic rings. The van der Waals surface area contributed by atoms with Gasteiger partial charge in [-0.2, -0.15) is 8.42 Å². The Morgan fingerprint density at radius 1 is 0.667 bits per heavy atom. The highest BCUT2D eigenvalue weighted by atomic mass is 32.2. The second-order valence-electron chi connectivity index (χ2n) is 9.00. The molecule has 0 saturated heterocycles. The summed E-state index contributed by atoms with van der Waals surface area (Å²) < 4.78 is 31.6. The maximum absolute atomic E-state index is 10.4. The maximum Gasteiger partial charge on any atom is 0.294 e. The van der Waals surface area contributed by atoms with Crippen molar-refractivity contribution < 1.29 is 17.5 Å². The Labute approximate surface area is 203 Å².